The first kappa shape index (κ1) is 28.2. The van der Waals surface area contributed by atoms with Crippen molar-refractivity contribution in [2.45, 2.75) is 12.7 Å². The summed E-state index contributed by atoms with van der Waals surface area (Å²) in [5.74, 6) is -0.405. The highest BCUT2D eigenvalue weighted by Gasteiger charge is 2.30. The molecule has 1 aromatic heterocycles. The number of carbonyl (C=O) groups is 1. The minimum absolute atomic E-state index is 0.191. The lowest BCUT2D eigenvalue weighted by molar-refractivity contribution is -0.137. The largest absolute Gasteiger partial charge is 0.478 e. The third-order valence-electron chi connectivity index (χ3n) is 6.44. The molecule has 0 unspecified atom stereocenters. The van der Waals surface area contributed by atoms with E-state index in [9.17, 15) is 23.1 Å². The molecule has 9 heteroatoms. The summed E-state index contributed by atoms with van der Waals surface area (Å²) in [5.41, 5.74) is 3.48. The van der Waals surface area contributed by atoms with Gasteiger partial charge in [0.15, 0.2) is 0 Å². The second kappa shape index (κ2) is 11.6. The van der Waals surface area contributed by atoms with Crippen molar-refractivity contribution in [3.8, 4) is 22.4 Å². The Morgan fingerprint density at radius 2 is 1.51 bits per heavy atom. The van der Waals surface area contributed by atoms with E-state index < -0.39 is 17.7 Å². The summed E-state index contributed by atoms with van der Waals surface area (Å²) >= 11 is 12.9. The van der Waals surface area contributed by atoms with Crippen LogP contribution in [-0.2, 0) is 12.7 Å². The molecule has 0 aliphatic heterocycles. The predicted octanol–water partition coefficient (Wildman–Crippen LogP) is 9.46. The average molecular weight is 593 g/mol. The van der Waals surface area contributed by atoms with E-state index in [1.54, 1.807) is 60.7 Å². The lowest BCUT2D eigenvalue weighted by atomic mass is 10.0. The van der Waals surface area contributed by atoms with Crippen LogP contribution < -0.4 is 0 Å². The van der Waals surface area contributed by atoms with E-state index in [4.69, 9.17) is 28.2 Å². The minimum Gasteiger partial charge on any atom is -0.478 e. The topological polar surface area (TPSA) is 55.1 Å². The van der Waals surface area contributed by atoms with Crippen molar-refractivity contribution in [3.63, 3.8) is 0 Å². The second-order valence-corrected chi connectivity index (χ2v) is 10.1. The smallest absolute Gasteiger partial charge is 0.416 e. The molecule has 206 valence electrons. The van der Waals surface area contributed by atoms with Gasteiger partial charge in [-0.1, -0.05) is 83.9 Å². The van der Waals surface area contributed by atoms with E-state index in [1.807, 2.05) is 35.0 Å². The van der Waals surface area contributed by atoms with Crippen molar-refractivity contribution >= 4 is 41.3 Å². The van der Waals surface area contributed by atoms with Gasteiger partial charge in [-0.05, 0) is 64.7 Å². The fourth-order valence-electron chi connectivity index (χ4n) is 4.33. The summed E-state index contributed by atoms with van der Waals surface area (Å²) in [4.78, 5) is 16.0. The Morgan fingerprint density at radius 1 is 0.854 bits per heavy atom. The number of aromatic carboxylic acids is 1. The highest BCUT2D eigenvalue weighted by molar-refractivity contribution is 6.39. The summed E-state index contributed by atoms with van der Waals surface area (Å²) in [5, 5.41) is 10.1. The first-order valence-electron chi connectivity index (χ1n) is 12.4. The number of imidazole rings is 1. The van der Waals surface area contributed by atoms with Crippen molar-refractivity contribution in [3.05, 3.63) is 135 Å². The van der Waals surface area contributed by atoms with E-state index >= 15 is 0 Å². The van der Waals surface area contributed by atoms with Gasteiger partial charge in [-0.3, -0.25) is 0 Å². The number of carboxylic acid groups (broad SMARTS) is 1. The molecule has 0 fully saturated rings. The van der Waals surface area contributed by atoms with E-state index in [1.165, 1.54) is 6.07 Å². The Balaban J connectivity index is 1.45. The summed E-state index contributed by atoms with van der Waals surface area (Å²) < 4.78 is 41.3. The van der Waals surface area contributed by atoms with Gasteiger partial charge < -0.3 is 9.67 Å². The van der Waals surface area contributed by atoms with Gasteiger partial charge in [-0.15, -0.1) is 0 Å². The molecule has 41 heavy (non-hydrogen) atoms. The highest BCUT2D eigenvalue weighted by Crippen LogP contribution is 2.35. The molecule has 5 rings (SSSR count). The van der Waals surface area contributed by atoms with E-state index in [-0.39, 0.29) is 5.56 Å². The zero-order valence-corrected chi connectivity index (χ0v) is 22.8. The molecule has 5 aromatic rings. The van der Waals surface area contributed by atoms with Crippen LogP contribution >= 0.6 is 23.2 Å². The molecule has 0 saturated carbocycles. The van der Waals surface area contributed by atoms with Gasteiger partial charge in [0, 0.05) is 18.3 Å². The van der Waals surface area contributed by atoms with Gasteiger partial charge in [0.05, 0.1) is 26.9 Å². The molecule has 0 aliphatic carbocycles. The Bertz CT molecular complexity index is 1720. The summed E-state index contributed by atoms with van der Waals surface area (Å²) in [6.45, 7) is 0.406. The van der Waals surface area contributed by atoms with Crippen molar-refractivity contribution in [2.75, 3.05) is 0 Å². The molecule has 0 aliphatic rings. The van der Waals surface area contributed by atoms with Gasteiger partial charge in [-0.2, -0.15) is 13.2 Å². The number of hydrogen-bond acceptors (Lipinski definition) is 2. The third-order valence-corrected chi connectivity index (χ3v) is 7.07. The molecule has 0 saturated heterocycles. The quantitative estimate of drug-likeness (QED) is 0.205. The summed E-state index contributed by atoms with van der Waals surface area (Å²) in [6, 6.07) is 24.2. The summed E-state index contributed by atoms with van der Waals surface area (Å²) in [7, 11) is 0. The third kappa shape index (κ3) is 6.53. The maximum atomic E-state index is 13.1. The molecule has 4 aromatic carbocycles. The van der Waals surface area contributed by atoms with E-state index in [2.05, 4.69) is 0 Å². The van der Waals surface area contributed by atoms with E-state index in [0.717, 1.165) is 23.3 Å². The minimum atomic E-state index is -4.41. The van der Waals surface area contributed by atoms with Crippen LogP contribution in [0.1, 0.15) is 32.9 Å². The van der Waals surface area contributed by atoms with Crippen LogP contribution in [-0.4, -0.2) is 20.6 Å². The van der Waals surface area contributed by atoms with Crippen molar-refractivity contribution < 1.29 is 23.1 Å². The fraction of sp³-hybridized carbons (Fsp3) is 0.0625. The fourth-order valence-corrected chi connectivity index (χ4v) is 4.93. The zero-order chi connectivity index (χ0) is 29.1. The van der Waals surface area contributed by atoms with Crippen LogP contribution in [0, 0.1) is 0 Å². The van der Waals surface area contributed by atoms with Gasteiger partial charge in [0.1, 0.15) is 5.82 Å². The number of carboxylic acids is 1. The van der Waals surface area contributed by atoms with Crippen LogP contribution in [0.4, 0.5) is 13.2 Å². The zero-order valence-electron chi connectivity index (χ0n) is 21.2. The Labute approximate surface area is 243 Å². The predicted molar refractivity (Wildman–Crippen MR) is 156 cm³/mol. The van der Waals surface area contributed by atoms with Gasteiger partial charge in [0.25, 0.3) is 0 Å². The van der Waals surface area contributed by atoms with Gasteiger partial charge in [0.2, 0.25) is 0 Å². The lowest BCUT2D eigenvalue weighted by Crippen LogP contribution is -2.04. The van der Waals surface area contributed by atoms with Crippen LogP contribution in [0.25, 0.3) is 34.5 Å². The van der Waals surface area contributed by atoms with E-state index in [0.29, 0.717) is 44.8 Å². The maximum Gasteiger partial charge on any atom is 0.416 e. The van der Waals surface area contributed by atoms with Crippen LogP contribution in [0.2, 0.25) is 10.0 Å². The first-order valence-corrected chi connectivity index (χ1v) is 13.1. The molecule has 0 spiro atoms. The van der Waals surface area contributed by atoms with Gasteiger partial charge in [-0.25, -0.2) is 9.78 Å². The Kier molecular flexibility index (Phi) is 8.01. The number of nitrogens with zero attached hydrogens (tertiary/aromatic N) is 2. The number of alkyl halides is 3. The second-order valence-electron chi connectivity index (χ2n) is 9.24. The maximum absolute atomic E-state index is 13.1. The molecule has 0 amide bonds. The molecular weight excluding hydrogens is 572 g/mol. The van der Waals surface area contributed by atoms with Crippen molar-refractivity contribution in [1.29, 1.82) is 0 Å². The number of aromatic nitrogens is 2. The van der Waals surface area contributed by atoms with Crippen LogP contribution in [0.5, 0.6) is 0 Å². The number of hydrogen-bond donors (Lipinski definition) is 1. The molecule has 0 atom stereocenters. The summed E-state index contributed by atoms with van der Waals surface area (Å²) in [6.07, 6.45) is 1.08. The van der Waals surface area contributed by atoms with Crippen molar-refractivity contribution in [2.24, 2.45) is 0 Å². The monoisotopic (exact) mass is 592 g/mol. The Hall–Kier alpha value is -4.33. The van der Waals surface area contributed by atoms with Gasteiger partial charge >= 0.3 is 12.1 Å². The lowest BCUT2D eigenvalue weighted by Gasteiger charge is -2.09. The Morgan fingerprint density at radius 3 is 2.15 bits per heavy atom. The first-order chi connectivity index (χ1) is 19.6. The van der Waals surface area contributed by atoms with Crippen LogP contribution in [0.15, 0.2) is 97.2 Å². The molecule has 4 nitrogen and oxygen atoms in total. The standard InChI is InChI=1S/C32H21Cl2F3N2O2/c33-26-5-2-6-27(34)30(26)28-19-39(18-21-9-14-23(15-10-21)31(40)41)29(38-28)16-11-20-7-12-22(13-8-20)24-3-1-4-25(17-24)32(35,36)37/h1-17,19H,18H2,(H,40,41). The highest BCUT2D eigenvalue weighted by atomic mass is 35.5. The normalized spacial score (nSPS) is 11.7. The van der Waals surface area contributed by atoms with Crippen molar-refractivity contribution in [1.82, 2.24) is 9.55 Å². The number of halogens is 5. The molecule has 1 heterocycles. The molecule has 0 bridgehead atoms. The molecular formula is C32H21Cl2F3N2O2. The molecule has 1 N–H and O–H groups in total. The SMILES string of the molecule is O=C(O)c1ccc(Cn2cc(-c3c(Cl)cccc3Cl)nc2C=Cc2ccc(-c3cccc(C(F)(F)F)c3)cc2)cc1. The average Bonchev–Trinajstić information content (AvgIpc) is 3.33. The number of rotatable bonds is 7. The molecule has 0 radical (unpaired) electrons. The van der Waals surface area contributed by atoms with Crippen LogP contribution in [0.3, 0.4) is 0 Å². The number of benzene rings is 4.